The van der Waals surface area contributed by atoms with E-state index in [0.29, 0.717) is 32.1 Å². The lowest BCUT2D eigenvalue weighted by Crippen LogP contribution is -2.47. The fourth-order valence-electron chi connectivity index (χ4n) is 4.74. The molecule has 2 unspecified atom stereocenters. The van der Waals surface area contributed by atoms with Crippen molar-refractivity contribution in [3.05, 3.63) is 18.2 Å². The van der Waals surface area contributed by atoms with Gasteiger partial charge in [-0.15, -0.1) is 0 Å². The third-order valence-corrected chi connectivity index (χ3v) is 6.62. The van der Waals surface area contributed by atoms with Crippen LogP contribution in [0.2, 0.25) is 0 Å². The molecule has 2 heterocycles. The summed E-state index contributed by atoms with van der Waals surface area (Å²) in [4.78, 5) is 29.8. The minimum absolute atomic E-state index is 0.0113. The number of nitrogens with one attached hydrogen (secondary N) is 2. The first-order valence-electron chi connectivity index (χ1n) is 11.7. The topological polar surface area (TPSA) is 103 Å². The third-order valence-electron chi connectivity index (χ3n) is 6.62. The van der Waals surface area contributed by atoms with Crippen LogP contribution in [0, 0.1) is 5.92 Å². The summed E-state index contributed by atoms with van der Waals surface area (Å²) in [5.74, 6) is -1.32. The van der Waals surface area contributed by atoms with E-state index in [1.807, 2.05) is 12.1 Å². The largest absolute Gasteiger partial charge is 0.396 e. The van der Waals surface area contributed by atoms with Crippen LogP contribution in [-0.4, -0.2) is 82.2 Å². The Morgan fingerprint density at radius 1 is 0.938 bits per heavy atom. The first-order valence-corrected chi connectivity index (χ1v) is 11.7. The minimum atomic E-state index is -0.680. The Balaban J connectivity index is 1.48. The molecule has 1 aromatic rings. The van der Waals surface area contributed by atoms with Crippen molar-refractivity contribution in [3.8, 4) is 0 Å². The summed E-state index contributed by atoms with van der Waals surface area (Å²) < 4.78 is 11.0. The molecule has 1 saturated carbocycles. The first-order chi connectivity index (χ1) is 15.7. The van der Waals surface area contributed by atoms with E-state index >= 15 is 0 Å². The number of aliphatic hydroxyl groups is 1. The van der Waals surface area contributed by atoms with E-state index in [1.54, 1.807) is 0 Å². The zero-order valence-corrected chi connectivity index (χ0v) is 18.6. The van der Waals surface area contributed by atoms with Crippen LogP contribution in [0.25, 0.3) is 0 Å². The van der Waals surface area contributed by atoms with Gasteiger partial charge in [-0.05, 0) is 31.0 Å². The number of nitrogens with zero attached hydrogens (tertiary/aromatic N) is 2. The summed E-state index contributed by atoms with van der Waals surface area (Å²) >= 11 is 0. The second-order valence-electron chi connectivity index (χ2n) is 8.66. The Morgan fingerprint density at radius 3 is 2.28 bits per heavy atom. The monoisotopic (exact) mass is 446 g/mol. The minimum Gasteiger partial charge on any atom is -0.396 e. The Hall–Kier alpha value is -2.36. The second kappa shape index (κ2) is 11.0. The smallest absolute Gasteiger partial charge is 0.313 e. The van der Waals surface area contributed by atoms with E-state index in [1.165, 1.54) is 0 Å². The molecule has 2 atom stereocenters. The molecule has 4 rings (SSSR count). The van der Waals surface area contributed by atoms with E-state index < -0.39 is 11.8 Å². The number of rotatable bonds is 5. The number of carbonyl (C=O) groups is 2. The highest BCUT2D eigenvalue weighted by atomic mass is 16.5. The van der Waals surface area contributed by atoms with Crippen molar-refractivity contribution in [1.29, 1.82) is 0 Å². The van der Waals surface area contributed by atoms with Crippen molar-refractivity contribution in [2.75, 3.05) is 74.3 Å². The SMILES string of the molecule is O=C(Nc1ccc(N2CCOCC2)cc1N1CCOCC1)C(=O)NC1CCCCC1CO. The molecule has 0 aromatic heterocycles. The van der Waals surface area contributed by atoms with Gasteiger partial charge in [0.05, 0.1) is 37.8 Å². The van der Waals surface area contributed by atoms with Crippen LogP contribution < -0.4 is 20.4 Å². The van der Waals surface area contributed by atoms with Gasteiger partial charge in [0.15, 0.2) is 0 Å². The number of carbonyl (C=O) groups excluding carboxylic acids is 2. The van der Waals surface area contributed by atoms with E-state index in [9.17, 15) is 14.7 Å². The number of aliphatic hydroxyl groups excluding tert-OH is 1. The van der Waals surface area contributed by atoms with Crippen molar-refractivity contribution >= 4 is 28.9 Å². The Labute approximate surface area is 189 Å². The van der Waals surface area contributed by atoms with Gasteiger partial charge in [0.2, 0.25) is 0 Å². The summed E-state index contributed by atoms with van der Waals surface area (Å²) in [6.07, 6.45) is 3.69. The number of hydrogen-bond acceptors (Lipinski definition) is 7. The third kappa shape index (κ3) is 5.51. The molecule has 2 amide bonds. The number of amides is 2. The van der Waals surface area contributed by atoms with Crippen molar-refractivity contribution in [2.45, 2.75) is 31.7 Å². The molecule has 1 aromatic carbocycles. The quantitative estimate of drug-likeness (QED) is 0.579. The summed E-state index contributed by atoms with van der Waals surface area (Å²) in [6.45, 7) is 5.76. The van der Waals surface area contributed by atoms with Gasteiger partial charge in [-0.25, -0.2) is 0 Å². The molecule has 3 aliphatic rings. The molecule has 9 heteroatoms. The van der Waals surface area contributed by atoms with Gasteiger partial charge in [-0.2, -0.15) is 0 Å². The van der Waals surface area contributed by atoms with Crippen molar-refractivity contribution in [1.82, 2.24) is 5.32 Å². The summed E-state index contributed by atoms with van der Waals surface area (Å²) in [6, 6.07) is 5.77. The molecule has 2 saturated heterocycles. The Morgan fingerprint density at radius 2 is 1.59 bits per heavy atom. The van der Waals surface area contributed by atoms with Crippen LogP contribution in [-0.2, 0) is 19.1 Å². The lowest BCUT2D eigenvalue weighted by molar-refractivity contribution is -0.137. The number of ether oxygens (including phenoxy) is 2. The Kier molecular flexibility index (Phi) is 7.83. The molecule has 0 spiro atoms. The van der Waals surface area contributed by atoms with Gasteiger partial charge < -0.3 is 35.0 Å². The van der Waals surface area contributed by atoms with Crippen molar-refractivity contribution in [2.24, 2.45) is 5.92 Å². The van der Waals surface area contributed by atoms with E-state index in [4.69, 9.17) is 9.47 Å². The molecule has 0 radical (unpaired) electrons. The average molecular weight is 447 g/mol. The fourth-order valence-corrected chi connectivity index (χ4v) is 4.74. The fraction of sp³-hybridized carbons (Fsp3) is 0.652. The normalized spacial score (nSPS) is 24.2. The zero-order valence-electron chi connectivity index (χ0n) is 18.6. The predicted molar refractivity (Wildman–Crippen MR) is 122 cm³/mol. The number of anilines is 3. The number of morpholine rings is 2. The molecule has 3 N–H and O–H groups in total. The van der Waals surface area contributed by atoms with Crippen LogP contribution in [0.1, 0.15) is 25.7 Å². The van der Waals surface area contributed by atoms with Gasteiger partial charge in [-0.1, -0.05) is 12.8 Å². The average Bonchev–Trinajstić information content (AvgIpc) is 2.85. The maximum Gasteiger partial charge on any atom is 0.313 e. The van der Waals surface area contributed by atoms with E-state index in [2.05, 4.69) is 26.5 Å². The predicted octanol–water partition coefficient (Wildman–Crippen LogP) is 0.966. The summed E-state index contributed by atoms with van der Waals surface area (Å²) in [7, 11) is 0. The number of hydrogen-bond donors (Lipinski definition) is 3. The highest BCUT2D eigenvalue weighted by Crippen LogP contribution is 2.32. The molecule has 176 valence electrons. The van der Waals surface area contributed by atoms with Crippen molar-refractivity contribution in [3.63, 3.8) is 0 Å². The molecule has 3 fully saturated rings. The van der Waals surface area contributed by atoms with Gasteiger partial charge >= 0.3 is 11.8 Å². The van der Waals surface area contributed by atoms with Crippen LogP contribution in [0.15, 0.2) is 18.2 Å². The summed E-state index contributed by atoms with van der Waals surface area (Å²) in [5.41, 5.74) is 2.58. The number of benzene rings is 1. The highest BCUT2D eigenvalue weighted by molar-refractivity contribution is 6.40. The molecule has 0 bridgehead atoms. The van der Waals surface area contributed by atoms with E-state index in [-0.39, 0.29) is 18.6 Å². The lowest BCUT2D eigenvalue weighted by atomic mass is 9.85. The Bertz CT molecular complexity index is 793. The molecule has 32 heavy (non-hydrogen) atoms. The molecule has 2 aliphatic heterocycles. The zero-order chi connectivity index (χ0) is 22.3. The molecular weight excluding hydrogens is 412 g/mol. The van der Waals surface area contributed by atoms with Crippen LogP contribution >= 0.6 is 0 Å². The van der Waals surface area contributed by atoms with E-state index in [0.717, 1.165) is 63.2 Å². The highest BCUT2D eigenvalue weighted by Gasteiger charge is 2.28. The maximum atomic E-state index is 12.7. The van der Waals surface area contributed by atoms with Gasteiger partial charge in [0.1, 0.15) is 0 Å². The van der Waals surface area contributed by atoms with Gasteiger partial charge in [0, 0.05) is 50.4 Å². The second-order valence-corrected chi connectivity index (χ2v) is 8.66. The standard InChI is InChI=1S/C23H34N4O5/c28-16-17-3-1-2-4-19(17)24-22(29)23(30)25-20-6-5-18(26-7-11-31-12-8-26)15-21(20)27-9-13-32-14-10-27/h5-6,15,17,19,28H,1-4,7-14,16H2,(H,24,29)(H,25,30). The van der Waals surface area contributed by atoms with Crippen molar-refractivity contribution < 1.29 is 24.2 Å². The van der Waals surface area contributed by atoms with Crippen LogP contribution in [0.3, 0.4) is 0 Å². The van der Waals surface area contributed by atoms with Gasteiger partial charge in [0.25, 0.3) is 0 Å². The van der Waals surface area contributed by atoms with Crippen LogP contribution in [0.4, 0.5) is 17.1 Å². The van der Waals surface area contributed by atoms with Gasteiger partial charge in [-0.3, -0.25) is 9.59 Å². The van der Waals surface area contributed by atoms with Crippen LogP contribution in [0.5, 0.6) is 0 Å². The summed E-state index contributed by atoms with van der Waals surface area (Å²) in [5, 5.41) is 15.2. The maximum absolute atomic E-state index is 12.7. The lowest BCUT2D eigenvalue weighted by Gasteiger charge is -2.33. The first kappa shape index (κ1) is 22.8. The molecular formula is C23H34N4O5. The molecule has 9 nitrogen and oxygen atoms in total. The molecule has 1 aliphatic carbocycles.